The van der Waals surface area contributed by atoms with E-state index in [0.717, 1.165) is 23.6 Å². The van der Waals surface area contributed by atoms with Gasteiger partial charge in [-0.3, -0.25) is 0 Å². The summed E-state index contributed by atoms with van der Waals surface area (Å²) in [5.41, 5.74) is 2.42. The molecular formula is C15H16INO. The molecule has 18 heavy (non-hydrogen) atoms. The van der Waals surface area contributed by atoms with Gasteiger partial charge in [0.25, 0.3) is 0 Å². The highest BCUT2D eigenvalue weighted by molar-refractivity contribution is 14.1. The molecule has 2 aromatic carbocycles. The Balaban J connectivity index is 2.19. The van der Waals surface area contributed by atoms with Crippen LogP contribution in [-0.4, -0.2) is 7.05 Å². The molecule has 0 atom stereocenters. The van der Waals surface area contributed by atoms with E-state index < -0.39 is 0 Å². The molecule has 0 aliphatic heterocycles. The molecule has 2 rings (SSSR count). The molecule has 0 saturated carbocycles. The Morgan fingerprint density at radius 1 is 1.17 bits per heavy atom. The minimum atomic E-state index is 0.879. The van der Waals surface area contributed by atoms with Gasteiger partial charge in [-0.2, -0.15) is 0 Å². The molecular weight excluding hydrogens is 337 g/mol. The lowest BCUT2D eigenvalue weighted by Gasteiger charge is -2.10. The summed E-state index contributed by atoms with van der Waals surface area (Å²) >= 11 is 2.28. The van der Waals surface area contributed by atoms with Crippen LogP contribution in [0.3, 0.4) is 0 Å². The molecule has 2 aromatic rings. The van der Waals surface area contributed by atoms with E-state index in [4.69, 9.17) is 4.74 Å². The van der Waals surface area contributed by atoms with Gasteiger partial charge in [0.2, 0.25) is 0 Å². The molecule has 0 heterocycles. The van der Waals surface area contributed by atoms with Crippen molar-refractivity contribution in [2.24, 2.45) is 0 Å². The average Bonchev–Trinajstić information content (AvgIpc) is 2.33. The van der Waals surface area contributed by atoms with Crippen LogP contribution in [0, 0.1) is 10.5 Å². The second-order valence-electron chi connectivity index (χ2n) is 4.19. The third-order valence-electron chi connectivity index (χ3n) is 2.64. The van der Waals surface area contributed by atoms with Crippen molar-refractivity contribution in [1.29, 1.82) is 0 Å². The van der Waals surface area contributed by atoms with Crippen LogP contribution in [0.5, 0.6) is 11.5 Å². The third kappa shape index (κ3) is 3.46. The Bertz CT molecular complexity index is 540. The van der Waals surface area contributed by atoms with Crippen LogP contribution in [0.4, 0.5) is 0 Å². The minimum absolute atomic E-state index is 0.879. The second kappa shape index (κ2) is 6.20. The SMILES string of the molecule is CNCc1ccc(Oc2cccc(I)c2)c(C)c1. The van der Waals surface area contributed by atoms with Crippen molar-refractivity contribution in [3.05, 3.63) is 57.2 Å². The van der Waals surface area contributed by atoms with Crippen molar-refractivity contribution in [2.75, 3.05) is 7.05 Å². The number of benzene rings is 2. The van der Waals surface area contributed by atoms with E-state index in [1.54, 1.807) is 0 Å². The highest BCUT2D eigenvalue weighted by Crippen LogP contribution is 2.26. The quantitative estimate of drug-likeness (QED) is 0.836. The number of aryl methyl sites for hydroxylation is 1. The maximum Gasteiger partial charge on any atom is 0.130 e. The fourth-order valence-electron chi connectivity index (χ4n) is 1.80. The first kappa shape index (κ1) is 13.4. The molecule has 0 unspecified atom stereocenters. The van der Waals surface area contributed by atoms with Gasteiger partial charge in [-0.15, -0.1) is 0 Å². The van der Waals surface area contributed by atoms with E-state index >= 15 is 0 Å². The Morgan fingerprint density at radius 3 is 2.67 bits per heavy atom. The van der Waals surface area contributed by atoms with Gasteiger partial charge in [0.15, 0.2) is 0 Å². The van der Waals surface area contributed by atoms with Gasteiger partial charge in [0.1, 0.15) is 11.5 Å². The zero-order valence-electron chi connectivity index (χ0n) is 10.5. The number of halogens is 1. The van der Waals surface area contributed by atoms with Crippen LogP contribution in [0.15, 0.2) is 42.5 Å². The van der Waals surface area contributed by atoms with E-state index in [9.17, 15) is 0 Å². The smallest absolute Gasteiger partial charge is 0.130 e. The fraction of sp³-hybridized carbons (Fsp3) is 0.200. The van der Waals surface area contributed by atoms with Gasteiger partial charge in [-0.1, -0.05) is 18.2 Å². The summed E-state index contributed by atoms with van der Waals surface area (Å²) in [5.74, 6) is 1.79. The van der Waals surface area contributed by atoms with Crippen LogP contribution in [0.25, 0.3) is 0 Å². The van der Waals surface area contributed by atoms with E-state index in [1.807, 2.05) is 31.3 Å². The average molecular weight is 353 g/mol. The second-order valence-corrected chi connectivity index (χ2v) is 5.44. The minimum Gasteiger partial charge on any atom is -0.457 e. The molecule has 0 bridgehead atoms. The molecule has 3 heteroatoms. The summed E-state index contributed by atoms with van der Waals surface area (Å²) < 4.78 is 7.07. The lowest BCUT2D eigenvalue weighted by molar-refractivity contribution is 0.478. The van der Waals surface area contributed by atoms with Crippen molar-refractivity contribution in [3.8, 4) is 11.5 Å². The summed E-state index contributed by atoms with van der Waals surface area (Å²) in [4.78, 5) is 0. The van der Waals surface area contributed by atoms with Gasteiger partial charge in [0.05, 0.1) is 0 Å². The number of nitrogens with one attached hydrogen (secondary N) is 1. The summed E-state index contributed by atoms with van der Waals surface area (Å²) in [6.07, 6.45) is 0. The maximum atomic E-state index is 5.90. The van der Waals surface area contributed by atoms with Gasteiger partial charge in [0, 0.05) is 10.1 Å². The molecule has 0 aliphatic rings. The summed E-state index contributed by atoms with van der Waals surface area (Å²) in [7, 11) is 1.95. The number of ether oxygens (including phenoxy) is 1. The van der Waals surface area contributed by atoms with Crippen molar-refractivity contribution < 1.29 is 4.74 Å². The summed E-state index contributed by atoms with van der Waals surface area (Å²) in [6.45, 7) is 2.95. The summed E-state index contributed by atoms with van der Waals surface area (Å²) in [6, 6.07) is 14.3. The maximum absolute atomic E-state index is 5.90. The van der Waals surface area contributed by atoms with Crippen LogP contribution in [0.1, 0.15) is 11.1 Å². The first-order chi connectivity index (χ1) is 8.69. The predicted molar refractivity (Wildman–Crippen MR) is 83.2 cm³/mol. The van der Waals surface area contributed by atoms with E-state index in [1.165, 1.54) is 9.13 Å². The highest BCUT2D eigenvalue weighted by Gasteiger charge is 2.03. The number of rotatable bonds is 4. The predicted octanol–water partition coefficient (Wildman–Crippen LogP) is 4.11. The Labute approximate surface area is 122 Å². The number of hydrogen-bond acceptors (Lipinski definition) is 2. The third-order valence-corrected chi connectivity index (χ3v) is 3.32. The van der Waals surface area contributed by atoms with Gasteiger partial charge in [-0.05, 0) is 72.0 Å². The zero-order chi connectivity index (χ0) is 13.0. The molecule has 2 nitrogen and oxygen atoms in total. The molecule has 0 amide bonds. The largest absolute Gasteiger partial charge is 0.457 e. The number of hydrogen-bond donors (Lipinski definition) is 1. The molecule has 0 aromatic heterocycles. The molecule has 94 valence electrons. The van der Waals surface area contributed by atoms with Crippen LogP contribution >= 0.6 is 22.6 Å². The van der Waals surface area contributed by atoms with Crippen LogP contribution in [0.2, 0.25) is 0 Å². The normalized spacial score (nSPS) is 10.4. The van der Waals surface area contributed by atoms with E-state index in [2.05, 4.69) is 53.0 Å². The first-order valence-corrected chi connectivity index (χ1v) is 6.94. The van der Waals surface area contributed by atoms with Crippen molar-refractivity contribution in [2.45, 2.75) is 13.5 Å². The Morgan fingerprint density at radius 2 is 2.00 bits per heavy atom. The lowest BCUT2D eigenvalue weighted by Crippen LogP contribution is -2.05. The van der Waals surface area contributed by atoms with Crippen molar-refractivity contribution in [3.63, 3.8) is 0 Å². The van der Waals surface area contributed by atoms with E-state index in [0.29, 0.717) is 0 Å². The van der Waals surface area contributed by atoms with Gasteiger partial charge >= 0.3 is 0 Å². The first-order valence-electron chi connectivity index (χ1n) is 5.86. The molecule has 0 aliphatic carbocycles. The monoisotopic (exact) mass is 353 g/mol. The highest BCUT2D eigenvalue weighted by atomic mass is 127. The van der Waals surface area contributed by atoms with Gasteiger partial charge < -0.3 is 10.1 Å². The zero-order valence-corrected chi connectivity index (χ0v) is 12.7. The summed E-state index contributed by atoms with van der Waals surface area (Å²) in [5, 5.41) is 3.15. The van der Waals surface area contributed by atoms with E-state index in [-0.39, 0.29) is 0 Å². The fourth-order valence-corrected chi connectivity index (χ4v) is 2.31. The molecule has 0 radical (unpaired) electrons. The van der Waals surface area contributed by atoms with Crippen LogP contribution < -0.4 is 10.1 Å². The molecule has 0 spiro atoms. The Kier molecular flexibility index (Phi) is 4.60. The Hall–Kier alpha value is -1.07. The van der Waals surface area contributed by atoms with Crippen LogP contribution in [-0.2, 0) is 6.54 Å². The topological polar surface area (TPSA) is 21.3 Å². The molecule has 1 N–H and O–H groups in total. The standard InChI is InChI=1S/C15H16INO/c1-11-8-12(10-17-2)6-7-15(11)18-14-5-3-4-13(16)9-14/h3-9,17H,10H2,1-2H3. The lowest BCUT2D eigenvalue weighted by atomic mass is 10.1. The van der Waals surface area contributed by atoms with Crippen molar-refractivity contribution >= 4 is 22.6 Å². The van der Waals surface area contributed by atoms with Gasteiger partial charge in [-0.25, -0.2) is 0 Å². The molecule has 0 fully saturated rings. The van der Waals surface area contributed by atoms with Crippen molar-refractivity contribution in [1.82, 2.24) is 5.32 Å². The molecule has 0 saturated heterocycles.